The maximum Gasteiger partial charge on any atom is 0.238 e. The molecule has 0 bridgehead atoms. The Labute approximate surface area is 183 Å². The lowest BCUT2D eigenvalue weighted by Crippen LogP contribution is -2.30. The number of benzene rings is 3. The number of nitrogens with one attached hydrogen (secondary N) is 1. The van der Waals surface area contributed by atoms with Crippen molar-refractivity contribution >= 4 is 50.8 Å². The van der Waals surface area contributed by atoms with Gasteiger partial charge in [0.25, 0.3) is 0 Å². The van der Waals surface area contributed by atoms with Gasteiger partial charge in [-0.3, -0.25) is 4.79 Å². The van der Waals surface area contributed by atoms with E-state index in [1.54, 1.807) is 11.3 Å². The van der Waals surface area contributed by atoms with E-state index in [1.165, 1.54) is 11.8 Å². The second-order valence-electron chi connectivity index (χ2n) is 6.64. The van der Waals surface area contributed by atoms with Crippen LogP contribution in [0.1, 0.15) is 29.3 Å². The minimum atomic E-state index is -0.390. The van der Waals surface area contributed by atoms with Crippen LogP contribution in [0.5, 0.6) is 0 Å². The lowest BCUT2D eigenvalue weighted by molar-refractivity contribution is -0.121. The predicted octanol–water partition coefficient (Wildman–Crippen LogP) is 6.66. The quantitative estimate of drug-likeness (QED) is 0.342. The molecule has 2 unspecified atom stereocenters. The van der Waals surface area contributed by atoms with Crippen molar-refractivity contribution < 1.29 is 4.79 Å². The number of aromatic nitrogens is 1. The molecule has 0 saturated carbocycles. The average molecular weight is 439 g/mol. The Kier molecular flexibility index (Phi) is 6.19. The molecule has 146 valence electrons. The van der Waals surface area contributed by atoms with Crippen LogP contribution >= 0.6 is 34.7 Å². The summed E-state index contributed by atoms with van der Waals surface area (Å²) in [4.78, 5) is 17.9. The summed E-state index contributed by atoms with van der Waals surface area (Å²) in [5, 5.41) is 3.42. The van der Waals surface area contributed by atoms with Gasteiger partial charge in [0.15, 0.2) is 4.34 Å². The summed E-state index contributed by atoms with van der Waals surface area (Å²) in [6.45, 7) is 2.00. The van der Waals surface area contributed by atoms with Crippen molar-refractivity contribution in [3.05, 3.63) is 95.0 Å². The number of halogens is 1. The van der Waals surface area contributed by atoms with E-state index >= 15 is 0 Å². The Bertz CT molecular complexity index is 1120. The van der Waals surface area contributed by atoms with Crippen LogP contribution in [0.4, 0.5) is 0 Å². The first-order chi connectivity index (χ1) is 14.1. The Balaban J connectivity index is 1.60. The van der Waals surface area contributed by atoms with E-state index in [1.807, 2.05) is 85.8 Å². The van der Waals surface area contributed by atoms with Gasteiger partial charge in [0.2, 0.25) is 5.91 Å². The minimum absolute atomic E-state index is 0.0326. The predicted molar refractivity (Wildman–Crippen MR) is 123 cm³/mol. The van der Waals surface area contributed by atoms with Gasteiger partial charge in [-0.1, -0.05) is 84.0 Å². The van der Waals surface area contributed by atoms with Gasteiger partial charge >= 0.3 is 0 Å². The zero-order chi connectivity index (χ0) is 20.2. The summed E-state index contributed by atoms with van der Waals surface area (Å²) >= 11 is 9.14. The van der Waals surface area contributed by atoms with Gasteiger partial charge in [0, 0.05) is 5.02 Å². The zero-order valence-electron chi connectivity index (χ0n) is 15.7. The molecule has 4 rings (SSSR count). The third-order valence-electron chi connectivity index (χ3n) is 4.55. The zero-order valence-corrected chi connectivity index (χ0v) is 18.1. The highest BCUT2D eigenvalue weighted by Crippen LogP contribution is 2.40. The number of thioether (sulfide) groups is 1. The van der Waals surface area contributed by atoms with Gasteiger partial charge in [-0.2, -0.15) is 0 Å². The Hall–Kier alpha value is -2.34. The Morgan fingerprint density at radius 2 is 1.66 bits per heavy atom. The van der Waals surface area contributed by atoms with Crippen molar-refractivity contribution in [1.29, 1.82) is 0 Å². The summed E-state index contributed by atoms with van der Waals surface area (Å²) in [5.41, 5.74) is 2.88. The fraction of sp³-hybridized carbons (Fsp3) is 0.130. The van der Waals surface area contributed by atoms with Gasteiger partial charge < -0.3 is 5.32 Å². The lowest BCUT2D eigenvalue weighted by Gasteiger charge is -2.20. The average Bonchev–Trinajstić information content (AvgIpc) is 3.14. The van der Waals surface area contributed by atoms with E-state index in [9.17, 15) is 4.79 Å². The summed E-state index contributed by atoms with van der Waals surface area (Å²) < 4.78 is 1.90. The van der Waals surface area contributed by atoms with Crippen LogP contribution in [-0.4, -0.2) is 10.9 Å². The second-order valence-corrected chi connectivity index (χ2v) is 9.46. The number of fused-ring (bicyclic) bond motifs is 1. The molecule has 0 radical (unpaired) electrons. The molecule has 0 spiro atoms. The molecule has 1 aromatic heterocycles. The molecule has 0 aliphatic carbocycles. The van der Waals surface area contributed by atoms with Gasteiger partial charge in [-0.25, -0.2) is 4.98 Å². The molecule has 0 aliphatic heterocycles. The largest absolute Gasteiger partial charge is 0.348 e. The van der Waals surface area contributed by atoms with E-state index in [2.05, 4.69) is 10.3 Å². The number of rotatable bonds is 6. The summed E-state index contributed by atoms with van der Waals surface area (Å²) in [6, 6.07) is 25.4. The molecule has 3 aromatic carbocycles. The number of carbonyl (C=O) groups is 1. The molecule has 3 nitrogen and oxygen atoms in total. The third kappa shape index (κ3) is 4.81. The van der Waals surface area contributed by atoms with Crippen molar-refractivity contribution in [2.75, 3.05) is 0 Å². The van der Waals surface area contributed by atoms with Crippen LogP contribution in [0.3, 0.4) is 0 Å². The topological polar surface area (TPSA) is 42.0 Å². The molecule has 1 heterocycles. The monoisotopic (exact) mass is 438 g/mol. The van der Waals surface area contributed by atoms with Gasteiger partial charge in [0.05, 0.1) is 16.3 Å². The number of carbonyl (C=O) groups excluding carboxylic acids is 1. The maximum atomic E-state index is 13.2. The molecular weight excluding hydrogens is 420 g/mol. The van der Waals surface area contributed by atoms with Crippen LogP contribution in [0.15, 0.2) is 83.2 Å². The summed E-state index contributed by atoms with van der Waals surface area (Å²) in [6.07, 6.45) is 0. The van der Waals surface area contributed by atoms with Crippen molar-refractivity contribution in [3.8, 4) is 0 Å². The molecule has 2 atom stereocenters. The third-order valence-corrected chi connectivity index (χ3v) is 7.17. The van der Waals surface area contributed by atoms with Crippen LogP contribution < -0.4 is 5.32 Å². The van der Waals surface area contributed by atoms with E-state index in [4.69, 9.17) is 11.6 Å². The first kappa shape index (κ1) is 20.0. The molecule has 0 fully saturated rings. The highest BCUT2D eigenvalue weighted by molar-refractivity contribution is 8.02. The molecule has 6 heteroatoms. The number of hydrogen-bond donors (Lipinski definition) is 1. The molecule has 29 heavy (non-hydrogen) atoms. The standard InChI is InChI=1S/C23H19ClN2OS2/c1-15(16-8-4-2-5-9-16)25-22(27)21(17-10-6-3-7-11-17)29-23-26-19-14-18(24)12-13-20(19)28-23/h2-15,21H,1H3,(H,25,27). The Morgan fingerprint density at radius 3 is 2.34 bits per heavy atom. The minimum Gasteiger partial charge on any atom is -0.348 e. The first-order valence-electron chi connectivity index (χ1n) is 9.23. The van der Waals surface area contributed by atoms with Crippen LogP contribution in [0.2, 0.25) is 5.02 Å². The summed E-state index contributed by atoms with van der Waals surface area (Å²) in [5.74, 6) is -0.0326. The maximum absolute atomic E-state index is 13.2. The van der Waals surface area contributed by atoms with Gasteiger partial charge in [-0.05, 0) is 36.2 Å². The van der Waals surface area contributed by atoms with E-state index in [0.717, 1.165) is 25.7 Å². The number of thiazole rings is 1. The highest BCUT2D eigenvalue weighted by Gasteiger charge is 2.25. The summed E-state index contributed by atoms with van der Waals surface area (Å²) in [7, 11) is 0. The smallest absolute Gasteiger partial charge is 0.238 e. The van der Waals surface area contributed by atoms with Crippen LogP contribution in [-0.2, 0) is 4.79 Å². The second kappa shape index (κ2) is 8.99. The van der Waals surface area contributed by atoms with Crippen LogP contribution in [0.25, 0.3) is 10.2 Å². The van der Waals surface area contributed by atoms with Gasteiger partial charge in [-0.15, -0.1) is 11.3 Å². The molecular formula is C23H19ClN2OS2. The first-order valence-corrected chi connectivity index (χ1v) is 11.3. The lowest BCUT2D eigenvalue weighted by atomic mass is 10.1. The van der Waals surface area contributed by atoms with Crippen molar-refractivity contribution in [2.45, 2.75) is 22.6 Å². The molecule has 1 amide bonds. The number of nitrogens with zero attached hydrogens (tertiary/aromatic N) is 1. The van der Waals surface area contributed by atoms with Gasteiger partial charge in [0.1, 0.15) is 5.25 Å². The van der Waals surface area contributed by atoms with Crippen molar-refractivity contribution in [2.24, 2.45) is 0 Å². The van der Waals surface area contributed by atoms with Crippen LogP contribution in [0, 0.1) is 0 Å². The van der Waals surface area contributed by atoms with Crippen molar-refractivity contribution in [1.82, 2.24) is 10.3 Å². The number of hydrogen-bond acceptors (Lipinski definition) is 4. The van der Waals surface area contributed by atoms with Crippen molar-refractivity contribution in [3.63, 3.8) is 0 Å². The normalized spacial score (nSPS) is 13.2. The fourth-order valence-corrected chi connectivity index (χ4v) is 5.46. The Morgan fingerprint density at radius 1 is 1.00 bits per heavy atom. The highest BCUT2D eigenvalue weighted by atomic mass is 35.5. The molecule has 0 saturated heterocycles. The van der Waals surface area contributed by atoms with E-state index in [-0.39, 0.29) is 11.9 Å². The number of amides is 1. The fourth-order valence-electron chi connectivity index (χ4n) is 3.05. The van der Waals surface area contributed by atoms with E-state index < -0.39 is 5.25 Å². The molecule has 0 aliphatic rings. The SMILES string of the molecule is CC(NC(=O)C(Sc1nc2cc(Cl)ccc2s1)c1ccccc1)c1ccccc1. The molecule has 1 N–H and O–H groups in total. The molecule has 4 aromatic rings. The van der Waals surface area contributed by atoms with E-state index in [0.29, 0.717) is 5.02 Å².